The molecule has 96 valence electrons. The first-order valence-corrected chi connectivity index (χ1v) is 6.84. The van der Waals surface area contributed by atoms with Gasteiger partial charge in [0.1, 0.15) is 0 Å². The van der Waals surface area contributed by atoms with Crippen LogP contribution in [0, 0.1) is 0 Å². The Morgan fingerprint density at radius 1 is 1.26 bits per heavy atom. The fraction of sp³-hybridized carbons (Fsp3) is 0.0667. The summed E-state index contributed by atoms with van der Waals surface area (Å²) in [6.07, 6.45) is 5.12. The van der Waals surface area contributed by atoms with Gasteiger partial charge in [-0.1, -0.05) is 18.2 Å². The van der Waals surface area contributed by atoms with Crippen LogP contribution < -0.4 is 5.32 Å². The lowest BCUT2D eigenvalue weighted by molar-refractivity contribution is 0.102. The van der Waals surface area contributed by atoms with Crippen LogP contribution in [0.1, 0.15) is 10.4 Å². The number of aromatic nitrogens is 1. The highest BCUT2D eigenvalue weighted by atomic mass is 32.2. The Morgan fingerprint density at radius 2 is 2.00 bits per heavy atom. The minimum absolute atomic E-state index is 0.113. The van der Waals surface area contributed by atoms with Gasteiger partial charge in [-0.2, -0.15) is 0 Å². The topological polar surface area (TPSA) is 42.0 Å². The number of hydrogen-bond acceptors (Lipinski definition) is 3. The number of thioether (sulfide) groups is 1. The molecule has 0 spiro atoms. The molecule has 1 N–H and O–H groups in total. The maximum Gasteiger partial charge on any atom is 0.256 e. The molecule has 0 fully saturated rings. The van der Waals surface area contributed by atoms with E-state index in [0.717, 1.165) is 16.3 Å². The molecule has 0 unspecified atom stereocenters. The summed E-state index contributed by atoms with van der Waals surface area (Å²) >= 11 is 1.59. The predicted molar refractivity (Wildman–Crippen MR) is 79.6 cm³/mol. The molecule has 4 heteroatoms. The maximum atomic E-state index is 12.2. The van der Waals surface area contributed by atoms with E-state index in [1.165, 1.54) is 0 Å². The molecule has 2 aromatic rings. The molecule has 0 aliphatic heterocycles. The second-order valence-corrected chi connectivity index (χ2v) is 4.85. The van der Waals surface area contributed by atoms with Crippen LogP contribution in [-0.4, -0.2) is 16.6 Å². The number of nitrogens with zero attached hydrogens (tertiary/aromatic N) is 1. The second-order valence-electron chi connectivity index (χ2n) is 3.79. The molecule has 1 heterocycles. The van der Waals surface area contributed by atoms with E-state index in [1.54, 1.807) is 36.3 Å². The number of rotatable bonds is 5. The van der Waals surface area contributed by atoms with Crippen molar-refractivity contribution in [1.82, 2.24) is 4.98 Å². The first kappa shape index (κ1) is 13.4. The molecule has 0 saturated heterocycles. The smallest absolute Gasteiger partial charge is 0.256 e. The van der Waals surface area contributed by atoms with E-state index < -0.39 is 0 Å². The van der Waals surface area contributed by atoms with Crippen LogP contribution in [0.15, 0.2) is 66.3 Å². The summed E-state index contributed by atoms with van der Waals surface area (Å²) in [5.74, 6) is 0.665. The minimum atomic E-state index is -0.113. The lowest BCUT2D eigenvalue weighted by Gasteiger charge is -2.08. The number of anilines is 1. The van der Waals surface area contributed by atoms with E-state index in [1.807, 2.05) is 30.3 Å². The van der Waals surface area contributed by atoms with E-state index in [0.29, 0.717) is 5.56 Å². The zero-order valence-corrected chi connectivity index (χ0v) is 11.2. The monoisotopic (exact) mass is 270 g/mol. The third kappa shape index (κ3) is 3.69. The summed E-state index contributed by atoms with van der Waals surface area (Å²) in [5.41, 5.74) is 1.41. The number of benzene rings is 1. The van der Waals surface area contributed by atoms with Crippen molar-refractivity contribution >= 4 is 23.4 Å². The first-order valence-electron chi connectivity index (χ1n) is 5.85. The van der Waals surface area contributed by atoms with Crippen LogP contribution in [0.25, 0.3) is 0 Å². The summed E-state index contributed by atoms with van der Waals surface area (Å²) in [4.78, 5) is 17.1. The largest absolute Gasteiger partial charge is 0.322 e. The van der Waals surface area contributed by atoms with E-state index in [2.05, 4.69) is 16.9 Å². The van der Waals surface area contributed by atoms with E-state index >= 15 is 0 Å². The number of pyridine rings is 1. The lowest BCUT2D eigenvalue weighted by Crippen LogP contribution is -2.12. The zero-order valence-electron chi connectivity index (χ0n) is 10.4. The van der Waals surface area contributed by atoms with Crippen LogP contribution in [0.5, 0.6) is 0 Å². The van der Waals surface area contributed by atoms with Crippen LogP contribution in [0.3, 0.4) is 0 Å². The molecule has 0 aliphatic rings. The van der Waals surface area contributed by atoms with Gasteiger partial charge in [-0.15, -0.1) is 18.3 Å². The van der Waals surface area contributed by atoms with Crippen molar-refractivity contribution in [3.8, 4) is 0 Å². The Bertz CT molecular complexity index is 569. The third-order valence-electron chi connectivity index (χ3n) is 2.43. The van der Waals surface area contributed by atoms with Gasteiger partial charge in [0.15, 0.2) is 0 Å². The Hall–Kier alpha value is -2.07. The van der Waals surface area contributed by atoms with Gasteiger partial charge in [0.25, 0.3) is 5.91 Å². The van der Waals surface area contributed by atoms with Crippen molar-refractivity contribution in [1.29, 1.82) is 0 Å². The number of carbonyl (C=O) groups excluding carboxylic acids is 1. The lowest BCUT2D eigenvalue weighted by atomic mass is 10.2. The number of nitrogens with one attached hydrogen (secondary N) is 1. The normalized spacial score (nSPS) is 9.89. The SMILES string of the molecule is C=CCSc1ccccc1C(=O)Nc1ccncc1. The standard InChI is InChI=1S/C15H14N2OS/c1-2-11-19-14-6-4-3-5-13(14)15(18)17-12-7-9-16-10-8-12/h2-10H,1,11H2,(H,16,17,18). The Kier molecular flexibility index (Phi) is 4.75. The fourth-order valence-electron chi connectivity index (χ4n) is 1.56. The molecule has 3 nitrogen and oxygen atoms in total. The average molecular weight is 270 g/mol. The average Bonchev–Trinajstić information content (AvgIpc) is 2.46. The van der Waals surface area contributed by atoms with E-state index in [-0.39, 0.29) is 5.91 Å². The Balaban J connectivity index is 2.16. The van der Waals surface area contributed by atoms with Crippen molar-refractivity contribution in [2.75, 3.05) is 11.1 Å². The number of carbonyl (C=O) groups is 1. The van der Waals surface area contributed by atoms with Crippen molar-refractivity contribution < 1.29 is 4.79 Å². The molecule has 0 radical (unpaired) electrons. The highest BCUT2D eigenvalue weighted by Crippen LogP contribution is 2.23. The molecule has 0 saturated carbocycles. The van der Waals surface area contributed by atoms with Crippen molar-refractivity contribution in [3.05, 3.63) is 67.0 Å². The summed E-state index contributed by atoms with van der Waals surface area (Å²) < 4.78 is 0. The fourth-order valence-corrected chi connectivity index (χ4v) is 2.35. The quantitative estimate of drug-likeness (QED) is 0.666. The van der Waals surface area contributed by atoms with Crippen molar-refractivity contribution in [2.24, 2.45) is 0 Å². The Morgan fingerprint density at radius 3 is 2.74 bits per heavy atom. The van der Waals surface area contributed by atoms with Gasteiger partial charge in [0.2, 0.25) is 0 Å². The van der Waals surface area contributed by atoms with Crippen molar-refractivity contribution in [3.63, 3.8) is 0 Å². The molecule has 1 aromatic carbocycles. The van der Waals surface area contributed by atoms with Gasteiger partial charge in [0.05, 0.1) is 5.56 Å². The molecule has 19 heavy (non-hydrogen) atoms. The second kappa shape index (κ2) is 6.75. The first-order chi connectivity index (χ1) is 9.31. The number of hydrogen-bond donors (Lipinski definition) is 1. The summed E-state index contributed by atoms with van der Waals surface area (Å²) in [7, 11) is 0. The minimum Gasteiger partial charge on any atom is -0.322 e. The van der Waals surface area contributed by atoms with Gasteiger partial charge in [0, 0.05) is 28.7 Å². The molecular weight excluding hydrogens is 256 g/mol. The highest BCUT2D eigenvalue weighted by molar-refractivity contribution is 7.99. The van der Waals surface area contributed by atoms with Crippen molar-refractivity contribution in [2.45, 2.75) is 4.90 Å². The molecule has 0 aliphatic carbocycles. The molecule has 1 aromatic heterocycles. The van der Waals surface area contributed by atoms with Crippen LogP contribution in [0.2, 0.25) is 0 Å². The molecule has 1 amide bonds. The number of amides is 1. The van der Waals surface area contributed by atoms with Gasteiger partial charge < -0.3 is 5.32 Å². The molecule has 2 rings (SSSR count). The van der Waals surface area contributed by atoms with Crippen LogP contribution >= 0.6 is 11.8 Å². The van der Waals surface area contributed by atoms with Crippen LogP contribution in [-0.2, 0) is 0 Å². The maximum absolute atomic E-state index is 12.2. The summed E-state index contributed by atoms with van der Waals surface area (Å²) in [6, 6.07) is 11.1. The molecule has 0 atom stereocenters. The Labute approximate surface area is 116 Å². The van der Waals surface area contributed by atoms with Gasteiger partial charge in [-0.3, -0.25) is 9.78 Å². The highest BCUT2D eigenvalue weighted by Gasteiger charge is 2.10. The van der Waals surface area contributed by atoms with E-state index in [4.69, 9.17) is 0 Å². The van der Waals surface area contributed by atoms with Gasteiger partial charge >= 0.3 is 0 Å². The third-order valence-corrected chi connectivity index (χ3v) is 3.50. The summed E-state index contributed by atoms with van der Waals surface area (Å²) in [5, 5.41) is 2.86. The van der Waals surface area contributed by atoms with E-state index in [9.17, 15) is 4.79 Å². The van der Waals surface area contributed by atoms with Gasteiger partial charge in [-0.25, -0.2) is 0 Å². The zero-order chi connectivity index (χ0) is 13.5. The van der Waals surface area contributed by atoms with Gasteiger partial charge in [-0.05, 0) is 24.3 Å². The predicted octanol–water partition coefficient (Wildman–Crippen LogP) is 3.61. The summed E-state index contributed by atoms with van der Waals surface area (Å²) in [6.45, 7) is 3.69. The van der Waals surface area contributed by atoms with Crippen LogP contribution in [0.4, 0.5) is 5.69 Å². The molecule has 0 bridgehead atoms. The molecular formula is C15H14N2OS.